The lowest BCUT2D eigenvalue weighted by Crippen LogP contribution is -2.49. The van der Waals surface area contributed by atoms with Gasteiger partial charge in [-0.25, -0.2) is 4.79 Å². The second-order valence-corrected chi connectivity index (χ2v) is 4.76. The lowest BCUT2D eigenvalue weighted by molar-refractivity contribution is 0.136. The van der Waals surface area contributed by atoms with Crippen molar-refractivity contribution in [2.24, 2.45) is 0 Å². The van der Waals surface area contributed by atoms with Crippen LogP contribution in [0.25, 0.3) is 11.0 Å². The molecule has 3 rings (SSSR count). The molecule has 1 aliphatic rings. The third-order valence-electron chi connectivity index (χ3n) is 3.44. The molecule has 0 atom stereocenters. The molecule has 0 bridgehead atoms. The largest absolute Gasteiger partial charge is 0.366 e. The fraction of sp³-hybridized carbons (Fsp3) is 0.385. The highest BCUT2D eigenvalue weighted by Crippen LogP contribution is 2.11. The van der Waals surface area contributed by atoms with E-state index in [2.05, 4.69) is 4.90 Å². The van der Waals surface area contributed by atoms with Crippen LogP contribution in [0.5, 0.6) is 0 Å². The Balaban J connectivity index is 1.94. The average Bonchev–Trinajstić information content (AvgIpc) is 2.77. The standard InChI is InChI=1S/C13H15N3O3/c1-14-6-8-15(9-7-14)13(18)16-12(17)10-4-2-3-5-11(10)19-16/h2-5H,6-9H2,1H3. The van der Waals surface area contributed by atoms with Crippen LogP contribution >= 0.6 is 0 Å². The molecule has 2 aromatic rings. The van der Waals surface area contributed by atoms with Crippen LogP contribution in [0, 0.1) is 0 Å². The summed E-state index contributed by atoms with van der Waals surface area (Å²) in [4.78, 5) is 28.1. The Labute approximate surface area is 109 Å². The van der Waals surface area contributed by atoms with Crippen molar-refractivity contribution in [2.45, 2.75) is 0 Å². The van der Waals surface area contributed by atoms with Crippen LogP contribution in [-0.4, -0.2) is 53.8 Å². The van der Waals surface area contributed by atoms with Crippen LogP contribution in [0.1, 0.15) is 0 Å². The predicted octanol–water partition coefficient (Wildman–Crippen LogP) is 0.810. The Morgan fingerprint density at radius 1 is 1.16 bits per heavy atom. The summed E-state index contributed by atoms with van der Waals surface area (Å²) in [6.45, 7) is 2.83. The van der Waals surface area contributed by atoms with Crippen molar-refractivity contribution in [3.8, 4) is 0 Å². The number of hydrogen-bond acceptors (Lipinski definition) is 4. The van der Waals surface area contributed by atoms with E-state index in [4.69, 9.17) is 4.52 Å². The Kier molecular flexibility index (Phi) is 2.87. The maximum absolute atomic E-state index is 12.3. The molecule has 19 heavy (non-hydrogen) atoms. The summed E-state index contributed by atoms with van der Waals surface area (Å²) in [5.41, 5.74) is 0.0505. The highest BCUT2D eigenvalue weighted by Gasteiger charge is 2.24. The lowest BCUT2D eigenvalue weighted by Gasteiger charge is -2.31. The Hall–Kier alpha value is -2.08. The van der Waals surface area contributed by atoms with Gasteiger partial charge in [0.1, 0.15) is 0 Å². The van der Waals surface area contributed by atoms with Crippen molar-refractivity contribution in [2.75, 3.05) is 33.2 Å². The summed E-state index contributed by atoms with van der Waals surface area (Å²) in [7, 11) is 2.01. The van der Waals surface area contributed by atoms with Gasteiger partial charge in [-0.1, -0.05) is 16.9 Å². The van der Waals surface area contributed by atoms with Crippen LogP contribution in [-0.2, 0) is 0 Å². The minimum atomic E-state index is -0.389. The van der Waals surface area contributed by atoms with Gasteiger partial charge in [-0.05, 0) is 19.2 Å². The highest BCUT2D eigenvalue weighted by molar-refractivity contribution is 5.82. The molecule has 0 aliphatic carbocycles. The number of carbonyl (C=O) groups excluding carboxylic acids is 1. The summed E-state index contributed by atoms with van der Waals surface area (Å²) >= 11 is 0. The average molecular weight is 261 g/mol. The van der Waals surface area contributed by atoms with E-state index in [1.54, 1.807) is 29.2 Å². The van der Waals surface area contributed by atoms with E-state index >= 15 is 0 Å². The van der Waals surface area contributed by atoms with E-state index in [0.29, 0.717) is 24.1 Å². The van der Waals surface area contributed by atoms with Crippen molar-refractivity contribution in [3.05, 3.63) is 34.6 Å². The molecule has 1 aromatic heterocycles. The number of amides is 1. The summed E-state index contributed by atoms with van der Waals surface area (Å²) < 4.78 is 6.20. The molecular weight excluding hydrogens is 246 g/mol. The molecule has 0 spiro atoms. The first-order valence-electron chi connectivity index (χ1n) is 6.26. The molecule has 6 heteroatoms. The number of benzene rings is 1. The zero-order valence-electron chi connectivity index (χ0n) is 10.7. The van der Waals surface area contributed by atoms with Gasteiger partial charge in [0.2, 0.25) is 0 Å². The summed E-state index contributed by atoms with van der Waals surface area (Å²) in [5, 5.41) is 0.435. The second-order valence-electron chi connectivity index (χ2n) is 4.76. The van der Waals surface area contributed by atoms with Crippen molar-refractivity contribution in [1.29, 1.82) is 0 Å². The quantitative estimate of drug-likeness (QED) is 0.704. The first-order chi connectivity index (χ1) is 9.16. The van der Waals surface area contributed by atoms with E-state index < -0.39 is 0 Å². The van der Waals surface area contributed by atoms with Crippen LogP contribution in [0.4, 0.5) is 4.79 Å². The van der Waals surface area contributed by atoms with Gasteiger partial charge in [0.15, 0.2) is 5.58 Å². The number of rotatable bonds is 0. The van der Waals surface area contributed by atoms with E-state index in [9.17, 15) is 9.59 Å². The predicted molar refractivity (Wildman–Crippen MR) is 70.3 cm³/mol. The number of fused-ring (bicyclic) bond motifs is 1. The van der Waals surface area contributed by atoms with Gasteiger partial charge in [0.25, 0.3) is 5.56 Å². The monoisotopic (exact) mass is 261 g/mol. The minimum absolute atomic E-state index is 0.380. The van der Waals surface area contributed by atoms with Gasteiger partial charge in [-0.3, -0.25) is 4.79 Å². The van der Waals surface area contributed by atoms with E-state index in [1.807, 2.05) is 7.05 Å². The van der Waals surface area contributed by atoms with E-state index in [1.165, 1.54) is 0 Å². The molecular formula is C13H15N3O3. The van der Waals surface area contributed by atoms with Crippen LogP contribution < -0.4 is 5.56 Å². The first-order valence-corrected chi connectivity index (χ1v) is 6.26. The third kappa shape index (κ3) is 2.04. The van der Waals surface area contributed by atoms with Gasteiger partial charge in [0.05, 0.1) is 5.39 Å². The Morgan fingerprint density at radius 3 is 2.53 bits per heavy atom. The van der Waals surface area contributed by atoms with Gasteiger partial charge < -0.3 is 14.3 Å². The topological polar surface area (TPSA) is 58.7 Å². The maximum atomic E-state index is 12.3. The van der Waals surface area contributed by atoms with Crippen LogP contribution in [0.2, 0.25) is 0 Å². The number of likely N-dealkylation sites (N-methyl/N-ethyl adjacent to an activating group) is 1. The number of nitrogens with zero attached hydrogens (tertiary/aromatic N) is 3. The molecule has 1 saturated heterocycles. The van der Waals surface area contributed by atoms with Crippen LogP contribution in [0.15, 0.2) is 33.6 Å². The number of hydrogen-bond donors (Lipinski definition) is 0. The van der Waals surface area contributed by atoms with E-state index in [-0.39, 0.29) is 11.6 Å². The summed E-state index contributed by atoms with van der Waals surface area (Å²) in [6, 6.07) is 6.49. The van der Waals surface area contributed by atoms with Gasteiger partial charge in [-0.15, -0.1) is 0 Å². The number of piperazine rings is 1. The van der Waals surface area contributed by atoms with Crippen molar-refractivity contribution < 1.29 is 9.32 Å². The van der Waals surface area contributed by atoms with Gasteiger partial charge >= 0.3 is 6.03 Å². The fourth-order valence-electron chi connectivity index (χ4n) is 2.22. The summed E-state index contributed by atoms with van der Waals surface area (Å²) in [5.74, 6) is 0. The van der Waals surface area contributed by atoms with Crippen molar-refractivity contribution in [3.63, 3.8) is 0 Å². The smallest absolute Gasteiger partial charge is 0.361 e. The molecule has 0 N–H and O–H groups in total. The van der Waals surface area contributed by atoms with Crippen molar-refractivity contribution in [1.82, 2.24) is 14.5 Å². The Morgan fingerprint density at radius 2 is 1.84 bits per heavy atom. The molecule has 0 radical (unpaired) electrons. The number of carbonyl (C=O) groups is 1. The van der Waals surface area contributed by atoms with Crippen molar-refractivity contribution >= 4 is 17.0 Å². The minimum Gasteiger partial charge on any atom is -0.366 e. The SMILES string of the molecule is CN1CCN(C(=O)n2oc3ccccc3c2=O)CC1. The second kappa shape index (κ2) is 4.55. The molecule has 1 fully saturated rings. The molecule has 1 amide bonds. The zero-order valence-corrected chi connectivity index (χ0v) is 10.7. The number of para-hydroxylation sites is 1. The lowest BCUT2D eigenvalue weighted by atomic mass is 10.3. The Bertz CT molecular complexity index is 665. The zero-order chi connectivity index (χ0) is 13.4. The molecule has 2 heterocycles. The molecule has 0 saturated carbocycles. The molecule has 1 aromatic carbocycles. The number of aromatic nitrogens is 1. The first kappa shape index (κ1) is 12.0. The van der Waals surface area contributed by atoms with Crippen LogP contribution in [0.3, 0.4) is 0 Å². The molecule has 0 unspecified atom stereocenters. The molecule has 100 valence electrons. The normalized spacial score (nSPS) is 17.0. The molecule has 6 nitrogen and oxygen atoms in total. The highest BCUT2D eigenvalue weighted by atomic mass is 16.5. The summed E-state index contributed by atoms with van der Waals surface area (Å²) in [6.07, 6.45) is 0. The third-order valence-corrected chi connectivity index (χ3v) is 3.44. The maximum Gasteiger partial charge on any atom is 0.361 e. The van der Waals surface area contributed by atoms with Gasteiger partial charge in [-0.2, -0.15) is 0 Å². The molecule has 1 aliphatic heterocycles. The van der Waals surface area contributed by atoms with E-state index in [0.717, 1.165) is 17.8 Å². The van der Waals surface area contributed by atoms with Gasteiger partial charge in [0, 0.05) is 26.2 Å². The fourth-order valence-corrected chi connectivity index (χ4v) is 2.22.